The third-order valence-corrected chi connectivity index (χ3v) is 4.96. The molecule has 3 rings (SSSR count). The van der Waals surface area contributed by atoms with Crippen molar-refractivity contribution in [3.63, 3.8) is 0 Å². The molecule has 3 amide bonds. The first kappa shape index (κ1) is 18.3. The highest BCUT2D eigenvalue weighted by Gasteiger charge is 2.54. The van der Waals surface area contributed by atoms with E-state index in [4.69, 9.17) is 4.74 Å². The molecular weight excluding hydrogens is 338 g/mol. The summed E-state index contributed by atoms with van der Waals surface area (Å²) in [5, 5.41) is 11.1. The minimum atomic E-state index is -0.856. The lowest BCUT2D eigenvalue weighted by atomic mass is 10.2. The van der Waals surface area contributed by atoms with E-state index in [2.05, 4.69) is 0 Å². The van der Waals surface area contributed by atoms with Crippen LogP contribution in [0.3, 0.4) is 0 Å². The largest absolute Gasteiger partial charge is 0.549 e. The summed E-state index contributed by atoms with van der Waals surface area (Å²) in [6.45, 7) is 1.75. The number of para-hydroxylation sites is 2. The summed E-state index contributed by atoms with van der Waals surface area (Å²) in [6, 6.07) is 6.76. The maximum Gasteiger partial charge on any atom is 0.549 e. The van der Waals surface area contributed by atoms with Gasteiger partial charge in [-0.2, -0.15) is 4.79 Å². The van der Waals surface area contributed by atoms with Crippen molar-refractivity contribution in [2.24, 2.45) is 5.92 Å². The molecule has 1 aromatic carbocycles. The van der Waals surface area contributed by atoms with Gasteiger partial charge in [-0.3, -0.25) is 9.59 Å². The molecule has 0 spiro atoms. The van der Waals surface area contributed by atoms with Gasteiger partial charge in [0.15, 0.2) is 5.69 Å². The van der Waals surface area contributed by atoms with Crippen molar-refractivity contribution in [1.29, 1.82) is 0 Å². The van der Waals surface area contributed by atoms with Gasteiger partial charge in [0.25, 0.3) is 5.91 Å². The Hall–Kier alpha value is -2.45. The fourth-order valence-electron chi connectivity index (χ4n) is 3.12. The molecule has 1 heterocycles. The Balaban J connectivity index is 2.11. The van der Waals surface area contributed by atoms with Gasteiger partial charge >= 0.3 is 6.09 Å². The van der Waals surface area contributed by atoms with Crippen LogP contribution in [0.5, 0.6) is 0 Å². The van der Waals surface area contributed by atoms with Crippen LogP contribution in [0.2, 0.25) is 0 Å². The standard InChI is InChI=1S/C18H24N3O5/c1-3-16(22)20(25)21(18(24)26-12-13-8-9-13)11-10-17(23)19(2)14-6-4-5-7-15(14)21/h4-7,13,25H,3,8-12H2,1-2H3/q+1. The Labute approximate surface area is 152 Å². The Morgan fingerprint density at radius 1 is 1.35 bits per heavy atom. The fourth-order valence-corrected chi connectivity index (χ4v) is 3.12. The zero-order valence-corrected chi connectivity index (χ0v) is 15.1. The minimum absolute atomic E-state index is 0.0123. The molecule has 0 aromatic heterocycles. The molecule has 2 aliphatic rings. The molecule has 1 fully saturated rings. The summed E-state index contributed by atoms with van der Waals surface area (Å²) < 4.78 is 4.60. The normalized spacial score (nSPS) is 22.4. The summed E-state index contributed by atoms with van der Waals surface area (Å²) in [5.41, 5.74) is 0.798. The number of ether oxygens (including phenoxy) is 1. The Morgan fingerprint density at radius 3 is 2.69 bits per heavy atom. The second-order valence-electron chi connectivity index (χ2n) is 6.74. The lowest BCUT2D eigenvalue weighted by Crippen LogP contribution is -2.66. The average Bonchev–Trinajstić information content (AvgIpc) is 3.50. The quantitative estimate of drug-likeness (QED) is 0.507. The zero-order valence-electron chi connectivity index (χ0n) is 15.1. The topological polar surface area (TPSA) is 87.1 Å². The van der Waals surface area contributed by atoms with Gasteiger partial charge in [0.1, 0.15) is 18.8 Å². The highest BCUT2D eigenvalue weighted by atomic mass is 16.6. The Kier molecular flexibility index (Phi) is 4.97. The minimum Gasteiger partial charge on any atom is -0.418 e. The van der Waals surface area contributed by atoms with E-state index in [1.807, 2.05) is 0 Å². The zero-order chi connectivity index (χ0) is 18.9. The second-order valence-corrected chi connectivity index (χ2v) is 6.74. The molecule has 140 valence electrons. The fraction of sp³-hybridized carbons (Fsp3) is 0.500. The summed E-state index contributed by atoms with van der Waals surface area (Å²) in [4.78, 5) is 39.3. The van der Waals surface area contributed by atoms with Crippen LogP contribution in [-0.2, 0) is 14.3 Å². The average molecular weight is 362 g/mol. The number of quaternary nitrogens is 1. The number of nitrogens with zero attached hydrogens (tertiary/aromatic N) is 3. The number of hydroxylamine groups is 1. The highest BCUT2D eigenvalue weighted by molar-refractivity contribution is 6.01. The summed E-state index contributed by atoms with van der Waals surface area (Å²) >= 11 is 0. The smallest absolute Gasteiger partial charge is 0.418 e. The van der Waals surface area contributed by atoms with E-state index in [9.17, 15) is 19.6 Å². The van der Waals surface area contributed by atoms with Crippen molar-refractivity contribution in [1.82, 2.24) is 9.76 Å². The third-order valence-electron chi connectivity index (χ3n) is 4.96. The van der Waals surface area contributed by atoms with Gasteiger partial charge < -0.3 is 9.64 Å². The molecule has 1 unspecified atom stereocenters. The van der Waals surface area contributed by atoms with Crippen LogP contribution in [0.1, 0.15) is 32.6 Å². The number of carbonyl (C=O) groups is 3. The first-order chi connectivity index (χ1) is 12.4. The molecule has 26 heavy (non-hydrogen) atoms. The SMILES string of the molecule is CCC(=O)N(O)[N+]1(C(=O)OCC2CC2)CCC(=O)N(C)c2ccccc21. The molecule has 8 nitrogen and oxygen atoms in total. The number of benzene rings is 1. The molecule has 0 saturated heterocycles. The summed E-state index contributed by atoms with van der Waals surface area (Å²) in [5.74, 6) is -0.496. The molecule has 1 saturated carbocycles. The molecular formula is C18H24N3O5+. The van der Waals surface area contributed by atoms with Crippen molar-refractivity contribution in [2.45, 2.75) is 32.6 Å². The van der Waals surface area contributed by atoms with Crippen LogP contribution in [0, 0.1) is 5.92 Å². The van der Waals surface area contributed by atoms with Crippen molar-refractivity contribution in [3.05, 3.63) is 24.3 Å². The number of rotatable bonds is 3. The van der Waals surface area contributed by atoms with Crippen molar-refractivity contribution < 1.29 is 24.3 Å². The highest BCUT2D eigenvalue weighted by Crippen LogP contribution is 2.39. The first-order valence-electron chi connectivity index (χ1n) is 8.85. The molecule has 1 aromatic rings. The van der Waals surface area contributed by atoms with E-state index in [-0.39, 0.29) is 31.9 Å². The lowest BCUT2D eigenvalue weighted by molar-refractivity contribution is -0.221. The van der Waals surface area contributed by atoms with E-state index < -0.39 is 16.6 Å². The number of amides is 3. The summed E-state index contributed by atoms with van der Waals surface area (Å²) in [7, 11) is 1.61. The van der Waals surface area contributed by atoms with Gasteiger partial charge in [0, 0.05) is 19.5 Å². The molecule has 1 N–H and O–H groups in total. The molecule has 1 aliphatic heterocycles. The van der Waals surface area contributed by atoms with E-state index in [1.165, 1.54) is 4.90 Å². The monoisotopic (exact) mass is 362 g/mol. The van der Waals surface area contributed by atoms with E-state index >= 15 is 0 Å². The van der Waals surface area contributed by atoms with E-state index in [0.29, 0.717) is 22.5 Å². The van der Waals surface area contributed by atoms with Crippen LogP contribution in [0.15, 0.2) is 24.3 Å². The predicted molar refractivity (Wildman–Crippen MR) is 94.1 cm³/mol. The number of carbonyl (C=O) groups excluding carboxylic acids is 3. The molecule has 8 heteroatoms. The van der Waals surface area contributed by atoms with E-state index in [1.54, 1.807) is 38.2 Å². The van der Waals surface area contributed by atoms with Gasteiger partial charge in [-0.15, -0.1) is 0 Å². The number of fused-ring (bicyclic) bond motifs is 1. The summed E-state index contributed by atoms with van der Waals surface area (Å²) in [6.07, 6.45) is 1.25. The first-order valence-corrected chi connectivity index (χ1v) is 8.85. The molecule has 0 radical (unpaired) electrons. The van der Waals surface area contributed by atoms with Gasteiger partial charge in [-0.05, 0) is 30.0 Å². The Morgan fingerprint density at radius 2 is 2.04 bits per heavy atom. The predicted octanol–water partition coefficient (Wildman–Crippen LogP) is 2.45. The second kappa shape index (κ2) is 7.05. The molecule has 1 atom stereocenters. The maximum absolute atomic E-state index is 13.1. The van der Waals surface area contributed by atoms with Gasteiger partial charge in [0.05, 0.1) is 6.42 Å². The number of hydrogen-bond acceptors (Lipinski definition) is 5. The van der Waals surface area contributed by atoms with Crippen LogP contribution in [0.25, 0.3) is 0 Å². The maximum atomic E-state index is 13.1. The van der Waals surface area contributed by atoms with Crippen LogP contribution in [-0.4, -0.2) is 48.5 Å². The van der Waals surface area contributed by atoms with Gasteiger partial charge in [-0.25, -0.2) is 5.21 Å². The van der Waals surface area contributed by atoms with Crippen LogP contribution < -0.4 is 9.49 Å². The number of hydrogen-bond donors (Lipinski definition) is 1. The van der Waals surface area contributed by atoms with Gasteiger partial charge in [0.2, 0.25) is 5.91 Å². The Bertz CT molecular complexity index is 733. The molecule has 0 bridgehead atoms. The van der Waals surface area contributed by atoms with Crippen LogP contribution in [0.4, 0.5) is 16.2 Å². The third kappa shape index (κ3) is 3.06. The number of anilines is 1. The van der Waals surface area contributed by atoms with Crippen molar-refractivity contribution in [2.75, 3.05) is 25.1 Å². The van der Waals surface area contributed by atoms with Crippen LogP contribution >= 0.6 is 0 Å². The lowest BCUT2D eigenvalue weighted by Gasteiger charge is -2.36. The van der Waals surface area contributed by atoms with Crippen molar-refractivity contribution >= 4 is 29.3 Å². The van der Waals surface area contributed by atoms with E-state index in [0.717, 1.165) is 12.8 Å². The molecule has 1 aliphatic carbocycles. The van der Waals surface area contributed by atoms with Gasteiger partial charge in [-0.1, -0.05) is 23.6 Å². The van der Waals surface area contributed by atoms with Crippen molar-refractivity contribution in [3.8, 4) is 0 Å².